The topological polar surface area (TPSA) is 64.4 Å². The Morgan fingerprint density at radius 3 is 2.95 bits per heavy atom. The molecule has 1 unspecified atom stereocenters. The summed E-state index contributed by atoms with van der Waals surface area (Å²) in [6.07, 6.45) is 4.15. The predicted molar refractivity (Wildman–Crippen MR) is 73.8 cm³/mol. The van der Waals surface area contributed by atoms with Crippen LogP contribution in [0.5, 0.6) is 5.75 Å². The van der Waals surface area contributed by atoms with Crippen molar-refractivity contribution >= 4 is 17.3 Å². The SMILES string of the molecule is O=[N+]([O-])c1cc(Cl)c(F)cc1OCCC1CCCCN1. The van der Waals surface area contributed by atoms with Crippen LogP contribution < -0.4 is 10.1 Å². The Morgan fingerprint density at radius 1 is 1.50 bits per heavy atom. The van der Waals surface area contributed by atoms with Gasteiger partial charge >= 0.3 is 5.69 Å². The van der Waals surface area contributed by atoms with Crippen LogP contribution >= 0.6 is 11.6 Å². The molecule has 0 spiro atoms. The molecule has 0 radical (unpaired) electrons. The van der Waals surface area contributed by atoms with E-state index in [0.717, 1.165) is 31.5 Å². The molecule has 1 heterocycles. The molecule has 0 aromatic heterocycles. The number of piperidine rings is 1. The first-order chi connectivity index (χ1) is 9.58. The Kier molecular flexibility index (Phi) is 5.14. The molecule has 1 N–H and O–H groups in total. The van der Waals surface area contributed by atoms with Gasteiger partial charge in [0.15, 0.2) is 5.75 Å². The Labute approximate surface area is 121 Å². The average Bonchev–Trinajstić information content (AvgIpc) is 2.43. The van der Waals surface area contributed by atoms with E-state index in [-0.39, 0.29) is 16.5 Å². The monoisotopic (exact) mass is 302 g/mol. The van der Waals surface area contributed by atoms with E-state index >= 15 is 0 Å². The van der Waals surface area contributed by atoms with E-state index in [1.807, 2.05) is 0 Å². The maximum Gasteiger partial charge on any atom is 0.312 e. The summed E-state index contributed by atoms with van der Waals surface area (Å²) in [7, 11) is 0. The lowest BCUT2D eigenvalue weighted by atomic mass is 10.0. The summed E-state index contributed by atoms with van der Waals surface area (Å²) in [5, 5.41) is 14.0. The second-order valence-electron chi connectivity index (χ2n) is 4.78. The normalized spacial score (nSPS) is 18.8. The van der Waals surface area contributed by atoms with Crippen LogP contribution in [0, 0.1) is 15.9 Å². The molecule has 1 aliphatic rings. The van der Waals surface area contributed by atoms with Gasteiger partial charge in [0, 0.05) is 18.2 Å². The zero-order chi connectivity index (χ0) is 14.5. The van der Waals surface area contributed by atoms with Crippen LogP contribution in [0.15, 0.2) is 12.1 Å². The van der Waals surface area contributed by atoms with E-state index in [9.17, 15) is 14.5 Å². The summed E-state index contributed by atoms with van der Waals surface area (Å²) >= 11 is 5.54. The molecular formula is C13H16ClFN2O3. The molecule has 7 heteroatoms. The van der Waals surface area contributed by atoms with Crippen molar-refractivity contribution in [1.82, 2.24) is 5.32 Å². The number of hydrogen-bond donors (Lipinski definition) is 1. The molecule has 1 saturated heterocycles. The van der Waals surface area contributed by atoms with Crippen LogP contribution in [-0.2, 0) is 0 Å². The van der Waals surface area contributed by atoms with Gasteiger partial charge < -0.3 is 10.1 Å². The molecule has 1 aromatic carbocycles. The van der Waals surface area contributed by atoms with Crippen molar-refractivity contribution in [3.05, 3.63) is 33.1 Å². The molecule has 110 valence electrons. The summed E-state index contributed by atoms with van der Waals surface area (Å²) in [6.45, 7) is 1.29. The minimum Gasteiger partial charge on any atom is -0.487 e. The van der Waals surface area contributed by atoms with Crippen molar-refractivity contribution < 1.29 is 14.1 Å². The van der Waals surface area contributed by atoms with Gasteiger partial charge in [-0.05, 0) is 25.8 Å². The Balaban J connectivity index is 1.97. The van der Waals surface area contributed by atoms with E-state index < -0.39 is 10.7 Å². The van der Waals surface area contributed by atoms with Crippen molar-refractivity contribution in [2.24, 2.45) is 0 Å². The average molecular weight is 303 g/mol. The van der Waals surface area contributed by atoms with E-state index in [1.54, 1.807) is 0 Å². The number of nitro benzene ring substituents is 1. The van der Waals surface area contributed by atoms with Gasteiger partial charge in [-0.1, -0.05) is 18.0 Å². The van der Waals surface area contributed by atoms with Gasteiger partial charge in [-0.15, -0.1) is 0 Å². The number of hydrogen-bond acceptors (Lipinski definition) is 4. The van der Waals surface area contributed by atoms with Gasteiger partial charge in [0.2, 0.25) is 0 Å². The molecule has 1 aliphatic heterocycles. The second-order valence-corrected chi connectivity index (χ2v) is 5.18. The Hall–Kier alpha value is -1.40. The molecule has 1 atom stereocenters. The molecule has 2 rings (SSSR count). The van der Waals surface area contributed by atoms with Crippen molar-refractivity contribution in [3.8, 4) is 5.75 Å². The lowest BCUT2D eigenvalue weighted by Crippen LogP contribution is -2.35. The standard InChI is InChI=1S/C13H16ClFN2O3/c14-10-7-12(17(18)19)13(8-11(10)15)20-6-4-9-3-1-2-5-16-9/h7-9,16H,1-6H2. The summed E-state index contributed by atoms with van der Waals surface area (Å²) in [5.74, 6) is -0.796. The maximum atomic E-state index is 13.4. The van der Waals surface area contributed by atoms with Gasteiger partial charge in [-0.25, -0.2) is 4.39 Å². The number of nitrogens with zero attached hydrogens (tertiary/aromatic N) is 1. The number of rotatable bonds is 5. The second kappa shape index (κ2) is 6.85. The van der Waals surface area contributed by atoms with Crippen LogP contribution in [0.3, 0.4) is 0 Å². The van der Waals surface area contributed by atoms with E-state index in [2.05, 4.69) is 5.32 Å². The van der Waals surface area contributed by atoms with Crippen LogP contribution in [0.4, 0.5) is 10.1 Å². The lowest BCUT2D eigenvalue weighted by molar-refractivity contribution is -0.385. The highest BCUT2D eigenvalue weighted by Gasteiger charge is 2.20. The first-order valence-electron chi connectivity index (χ1n) is 6.57. The minimum absolute atomic E-state index is 0.0762. The maximum absolute atomic E-state index is 13.4. The van der Waals surface area contributed by atoms with Crippen LogP contribution in [0.25, 0.3) is 0 Å². The third-order valence-electron chi connectivity index (χ3n) is 3.33. The number of nitro groups is 1. The van der Waals surface area contributed by atoms with E-state index in [0.29, 0.717) is 12.6 Å². The summed E-state index contributed by atoms with van der Waals surface area (Å²) < 4.78 is 18.7. The molecule has 0 amide bonds. The highest BCUT2D eigenvalue weighted by molar-refractivity contribution is 6.31. The lowest BCUT2D eigenvalue weighted by Gasteiger charge is -2.23. The smallest absolute Gasteiger partial charge is 0.312 e. The highest BCUT2D eigenvalue weighted by atomic mass is 35.5. The molecule has 1 fully saturated rings. The first kappa shape index (κ1) is 15.0. The molecular weight excluding hydrogens is 287 g/mol. The predicted octanol–water partition coefficient (Wildman–Crippen LogP) is 3.30. The minimum atomic E-state index is -0.719. The van der Waals surface area contributed by atoms with Crippen molar-refractivity contribution in [2.75, 3.05) is 13.2 Å². The quantitative estimate of drug-likeness (QED) is 0.669. The van der Waals surface area contributed by atoms with Crippen molar-refractivity contribution in [3.63, 3.8) is 0 Å². The summed E-state index contributed by atoms with van der Waals surface area (Å²) in [5.41, 5.74) is -0.312. The molecule has 0 bridgehead atoms. The van der Waals surface area contributed by atoms with Crippen LogP contribution in [0.1, 0.15) is 25.7 Å². The van der Waals surface area contributed by atoms with Gasteiger partial charge in [0.1, 0.15) is 5.82 Å². The highest BCUT2D eigenvalue weighted by Crippen LogP contribution is 2.32. The van der Waals surface area contributed by atoms with Gasteiger partial charge in [-0.2, -0.15) is 0 Å². The number of ether oxygens (including phenoxy) is 1. The van der Waals surface area contributed by atoms with E-state index in [4.69, 9.17) is 16.3 Å². The zero-order valence-electron chi connectivity index (χ0n) is 10.9. The fourth-order valence-electron chi connectivity index (χ4n) is 2.26. The zero-order valence-corrected chi connectivity index (χ0v) is 11.7. The van der Waals surface area contributed by atoms with E-state index in [1.165, 1.54) is 12.8 Å². The van der Waals surface area contributed by atoms with Crippen LogP contribution in [-0.4, -0.2) is 24.1 Å². The number of nitrogens with one attached hydrogen (secondary N) is 1. The third-order valence-corrected chi connectivity index (χ3v) is 3.62. The van der Waals surface area contributed by atoms with Gasteiger partial charge in [0.05, 0.1) is 16.6 Å². The first-order valence-corrected chi connectivity index (χ1v) is 6.95. The largest absolute Gasteiger partial charge is 0.487 e. The molecule has 0 aliphatic carbocycles. The fraction of sp³-hybridized carbons (Fsp3) is 0.538. The molecule has 0 saturated carbocycles. The Morgan fingerprint density at radius 2 is 2.30 bits per heavy atom. The molecule has 1 aromatic rings. The molecule has 20 heavy (non-hydrogen) atoms. The number of benzene rings is 1. The van der Waals surface area contributed by atoms with Crippen molar-refractivity contribution in [1.29, 1.82) is 0 Å². The number of halogens is 2. The summed E-state index contributed by atoms with van der Waals surface area (Å²) in [4.78, 5) is 10.3. The van der Waals surface area contributed by atoms with Crippen LogP contribution in [0.2, 0.25) is 5.02 Å². The molecule has 5 nitrogen and oxygen atoms in total. The Bertz CT molecular complexity index is 493. The summed E-state index contributed by atoms with van der Waals surface area (Å²) in [6, 6.07) is 2.31. The third kappa shape index (κ3) is 3.80. The van der Waals surface area contributed by atoms with Gasteiger partial charge in [-0.3, -0.25) is 10.1 Å². The van der Waals surface area contributed by atoms with Crippen molar-refractivity contribution in [2.45, 2.75) is 31.7 Å². The fourth-order valence-corrected chi connectivity index (χ4v) is 2.42. The van der Waals surface area contributed by atoms with Gasteiger partial charge in [0.25, 0.3) is 0 Å².